The molecule has 1 aliphatic heterocycles. The molecule has 25 heavy (non-hydrogen) atoms. The smallest absolute Gasteiger partial charge is 0.497 e. The number of cyclic esters (lactones) is 2. The summed E-state index contributed by atoms with van der Waals surface area (Å²) in [4.78, 5) is 23.3. The van der Waals surface area contributed by atoms with E-state index in [4.69, 9.17) is 18.9 Å². The van der Waals surface area contributed by atoms with Gasteiger partial charge in [0.2, 0.25) is 0 Å². The minimum atomic E-state index is -1.22. The molecule has 1 heterocycles. The highest BCUT2D eigenvalue weighted by molar-refractivity contribution is 5.68. The first-order valence-corrected chi connectivity index (χ1v) is 7.84. The van der Waals surface area contributed by atoms with Gasteiger partial charge in [0.15, 0.2) is 6.10 Å². The van der Waals surface area contributed by atoms with Crippen LogP contribution in [0.25, 0.3) is 0 Å². The third-order valence-electron chi connectivity index (χ3n) is 3.48. The van der Waals surface area contributed by atoms with Gasteiger partial charge in [-0.2, -0.15) is 0 Å². The van der Waals surface area contributed by atoms with Gasteiger partial charge in [-0.25, -0.2) is 9.59 Å². The summed E-state index contributed by atoms with van der Waals surface area (Å²) in [6.45, 7) is 5.11. The summed E-state index contributed by atoms with van der Waals surface area (Å²) < 4.78 is 20.0. The minimum absolute atomic E-state index is 0.0946. The lowest BCUT2D eigenvalue weighted by molar-refractivity contribution is 0.00172. The topological polar surface area (TPSA) is 103 Å². The molecule has 0 aliphatic carbocycles. The molecule has 1 saturated heterocycles. The third-order valence-corrected chi connectivity index (χ3v) is 3.48. The normalized spacial score (nSPS) is 19.4. The Labute approximate surface area is 146 Å². The van der Waals surface area contributed by atoms with Crippen LogP contribution in [0.3, 0.4) is 0 Å². The van der Waals surface area contributed by atoms with E-state index in [1.165, 1.54) is 7.11 Å². The molecule has 138 valence electrons. The van der Waals surface area contributed by atoms with Crippen molar-refractivity contribution in [3.8, 4) is 5.75 Å². The third kappa shape index (κ3) is 5.25. The lowest BCUT2D eigenvalue weighted by Gasteiger charge is -2.28. The lowest BCUT2D eigenvalue weighted by atomic mass is 9.97. The van der Waals surface area contributed by atoms with E-state index in [-0.39, 0.29) is 6.61 Å². The Kier molecular flexibility index (Phi) is 5.73. The van der Waals surface area contributed by atoms with Gasteiger partial charge in [0.25, 0.3) is 0 Å². The molecule has 0 bridgehead atoms. The van der Waals surface area contributed by atoms with E-state index in [9.17, 15) is 14.7 Å². The maximum atomic E-state index is 12.1. The van der Waals surface area contributed by atoms with Crippen molar-refractivity contribution in [3.63, 3.8) is 0 Å². The van der Waals surface area contributed by atoms with Crippen LogP contribution < -0.4 is 10.1 Å². The molecule has 0 aromatic heterocycles. The van der Waals surface area contributed by atoms with E-state index in [1.54, 1.807) is 45.0 Å². The number of ether oxygens (including phenoxy) is 4. The molecule has 1 amide bonds. The van der Waals surface area contributed by atoms with E-state index in [0.29, 0.717) is 11.3 Å². The molecule has 1 aromatic carbocycles. The summed E-state index contributed by atoms with van der Waals surface area (Å²) in [7, 11) is 1.54. The lowest BCUT2D eigenvalue weighted by Crippen LogP contribution is -2.44. The number of benzene rings is 1. The number of nitrogens with one attached hydrogen (secondary N) is 1. The number of aliphatic hydroxyl groups is 1. The maximum Gasteiger partial charge on any atom is 0.508 e. The number of carbonyl (C=O) groups is 2. The van der Waals surface area contributed by atoms with Crippen LogP contribution in [-0.2, 0) is 14.2 Å². The van der Waals surface area contributed by atoms with Crippen molar-refractivity contribution in [2.24, 2.45) is 0 Å². The van der Waals surface area contributed by atoms with E-state index in [0.717, 1.165) is 0 Å². The van der Waals surface area contributed by atoms with Gasteiger partial charge in [0.05, 0.1) is 13.2 Å². The second-order valence-corrected chi connectivity index (χ2v) is 6.60. The van der Waals surface area contributed by atoms with Crippen LogP contribution in [0, 0.1) is 0 Å². The number of aliphatic hydroxyl groups excluding tert-OH is 1. The molecule has 0 radical (unpaired) electrons. The van der Waals surface area contributed by atoms with Crippen LogP contribution >= 0.6 is 0 Å². The second kappa shape index (κ2) is 7.60. The first kappa shape index (κ1) is 18.9. The molecular formula is C17H23NO7. The molecule has 1 aliphatic rings. The average molecular weight is 353 g/mol. The van der Waals surface area contributed by atoms with Crippen molar-refractivity contribution in [3.05, 3.63) is 29.8 Å². The van der Waals surface area contributed by atoms with Crippen molar-refractivity contribution >= 4 is 12.2 Å². The summed E-state index contributed by atoms with van der Waals surface area (Å²) in [5, 5.41) is 13.2. The molecule has 2 N–H and O–H groups in total. The molecule has 1 aromatic rings. The first-order chi connectivity index (χ1) is 11.7. The SMILES string of the molecule is COc1ccc([C@@H](NC(=O)OC(C)(C)C)[C@H](O)[C@@H]2COC(=O)O2)cc1. The largest absolute Gasteiger partial charge is 0.508 e. The number of hydrogen-bond acceptors (Lipinski definition) is 7. The van der Waals surface area contributed by atoms with E-state index in [1.807, 2.05) is 0 Å². The van der Waals surface area contributed by atoms with Gasteiger partial charge in [-0.3, -0.25) is 0 Å². The van der Waals surface area contributed by atoms with Crippen molar-refractivity contribution in [2.75, 3.05) is 13.7 Å². The number of amides is 1. The molecule has 8 heteroatoms. The monoisotopic (exact) mass is 353 g/mol. The fourth-order valence-corrected chi connectivity index (χ4v) is 2.34. The van der Waals surface area contributed by atoms with Crippen LogP contribution in [0.4, 0.5) is 9.59 Å². The zero-order chi connectivity index (χ0) is 18.6. The molecule has 2 rings (SSSR count). The summed E-state index contributed by atoms with van der Waals surface area (Å²) in [5.41, 5.74) is -0.0929. The highest BCUT2D eigenvalue weighted by atomic mass is 16.8. The molecule has 0 saturated carbocycles. The molecule has 8 nitrogen and oxygen atoms in total. The van der Waals surface area contributed by atoms with Gasteiger partial charge in [0, 0.05) is 0 Å². The Morgan fingerprint density at radius 3 is 2.44 bits per heavy atom. The maximum absolute atomic E-state index is 12.1. The Balaban J connectivity index is 2.20. The average Bonchev–Trinajstić information content (AvgIpc) is 2.97. The quantitative estimate of drug-likeness (QED) is 0.782. The Hall–Kier alpha value is -2.48. The highest BCUT2D eigenvalue weighted by Crippen LogP contribution is 2.26. The zero-order valence-corrected chi connectivity index (χ0v) is 14.6. The molecule has 3 atom stereocenters. The highest BCUT2D eigenvalue weighted by Gasteiger charge is 2.38. The minimum Gasteiger partial charge on any atom is -0.497 e. The summed E-state index contributed by atoms with van der Waals surface area (Å²) in [5.74, 6) is 0.630. The van der Waals surface area contributed by atoms with Crippen LogP contribution in [0.1, 0.15) is 32.4 Å². The van der Waals surface area contributed by atoms with Crippen LogP contribution in [0.2, 0.25) is 0 Å². The van der Waals surface area contributed by atoms with Crippen molar-refractivity contribution in [1.29, 1.82) is 0 Å². The number of carbonyl (C=O) groups excluding carboxylic acids is 2. The molecule has 0 unspecified atom stereocenters. The standard InChI is InChI=1S/C17H23NO7/c1-17(2,3)25-15(20)18-13(10-5-7-11(22-4)8-6-10)14(19)12-9-23-16(21)24-12/h5-8,12-14,19H,9H2,1-4H3,(H,18,20)/t12-,13+,14+/m0/s1. The van der Waals surface area contributed by atoms with Gasteiger partial charge in [-0.15, -0.1) is 0 Å². The van der Waals surface area contributed by atoms with Crippen molar-refractivity contribution in [2.45, 2.75) is 44.6 Å². The first-order valence-electron chi connectivity index (χ1n) is 7.84. The fraction of sp³-hybridized carbons (Fsp3) is 0.529. The van der Waals surface area contributed by atoms with E-state index < -0.39 is 36.1 Å². The second-order valence-electron chi connectivity index (χ2n) is 6.60. The number of rotatable bonds is 5. The molecule has 1 fully saturated rings. The Bertz CT molecular complexity index is 608. The Morgan fingerprint density at radius 1 is 1.32 bits per heavy atom. The predicted octanol–water partition coefficient (Wildman–Crippen LogP) is 2.16. The van der Waals surface area contributed by atoms with E-state index in [2.05, 4.69) is 5.32 Å². The van der Waals surface area contributed by atoms with Gasteiger partial charge in [-0.05, 0) is 38.5 Å². The van der Waals surface area contributed by atoms with Crippen molar-refractivity contribution < 1.29 is 33.6 Å². The van der Waals surface area contributed by atoms with Gasteiger partial charge < -0.3 is 29.4 Å². The van der Waals surface area contributed by atoms with Crippen LogP contribution in [0.5, 0.6) is 5.75 Å². The van der Waals surface area contributed by atoms with Gasteiger partial charge in [0.1, 0.15) is 24.1 Å². The number of alkyl carbamates (subject to hydrolysis) is 1. The summed E-state index contributed by atoms with van der Waals surface area (Å²) >= 11 is 0. The van der Waals surface area contributed by atoms with Gasteiger partial charge in [-0.1, -0.05) is 12.1 Å². The number of methoxy groups -OCH3 is 1. The predicted molar refractivity (Wildman–Crippen MR) is 87.3 cm³/mol. The summed E-state index contributed by atoms with van der Waals surface area (Å²) in [6, 6.07) is 5.93. The molecule has 0 spiro atoms. The fourth-order valence-electron chi connectivity index (χ4n) is 2.34. The summed E-state index contributed by atoms with van der Waals surface area (Å²) in [6.07, 6.45) is -3.66. The van der Waals surface area contributed by atoms with Crippen molar-refractivity contribution in [1.82, 2.24) is 5.32 Å². The van der Waals surface area contributed by atoms with Crippen LogP contribution in [0.15, 0.2) is 24.3 Å². The van der Waals surface area contributed by atoms with Crippen LogP contribution in [-0.4, -0.2) is 48.9 Å². The Morgan fingerprint density at radius 2 is 1.96 bits per heavy atom. The molecular weight excluding hydrogens is 330 g/mol. The van der Waals surface area contributed by atoms with Gasteiger partial charge >= 0.3 is 12.2 Å². The number of hydrogen-bond donors (Lipinski definition) is 2. The zero-order valence-electron chi connectivity index (χ0n) is 14.6. The van der Waals surface area contributed by atoms with E-state index >= 15 is 0 Å².